The number of carbonyl (C=O) groups excluding carboxylic acids is 1. The summed E-state index contributed by atoms with van der Waals surface area (Å²) in [4.78, 5) is 22.9. The fourth-order valence-electron chi connectivity index (χ4n) is 4.07. The molecule has 0 fully saturated rings. The standard InChI is InChI=1S/C28H32N4O2/c1-20-10-15-26(21(2)16-20)29-28(33)32(18-22-8-6-5-7-9-22)19-25-17-27(30-34-25)23-11-13-24(14-12-23)31(3)4/h5-16,25H,17-19H2,1-4H3,(H,29,33). The van der Waals surface area contributed by atoms with Crippen molar-refractivity contribution in [2.24, 2.45) is 5.16 Å². The van der Waals surface area contributed by atoms with Gasteiger partial charge >= 0.3 is 6.03 Å². The van der Waals surface area contributed by atoms with Crippen molar-refractivity contribution in [1.29, 1.82) is 0 Å². The molecule has 0 aromatic heterocycles. The van der Waals surface area contributed by atoms with Crippen LogP contribution in [0.3, 0.4) is 0 Å². The maximum Gasteiger partial charge on any atom is 0.322 e. The minimum absolute atomic E-state index is 0.150. The van der Waals surface area contributed by atoms with E-state index in [1.807, 2.05) is 70.4 Å². The summed E-state index contributed by atoms with van der Waals surface area (Å²) < 4.78 is 0. The largest absolute Gasteiger partial charge is 0.390 e. The fraction of sp³-hybridized carbons (Fsp3) is 0.286. The molecule has 0 bridgehead atoms. The van der Waals surface area contributed by atoms with Gasteiger partial charge in [-0.2, -0.15) is 0 Å². The van der Waals surface area contributed by atoms with Gasteiger partial charge in [-0.05, 0) is 48.7 Å². The second kappa shape index (κ2) is 10.4. The van der Waals surface area contributed by atoms with E-state index in [0.717, 1.165) is 33.8 Å². The molecular weight excluding hydrogens is 424 g/mol. The molecule has 1 aliphatic heterocycles. The normalized spacial score (nSPS) is 14.8. The molecule has 2 amide bonds. The van der Waals surface area contributed by atoms with Crippen LogP contribution in [0.1, 0.15) is 28.7 Å². The third-order valence-corrected chi connectivity index (χ3v) is 6.00. The highest BCUT2D eigenvalue weighted by Crippen LogP contribution is 2.22. The first-order valence-corrected chi connectivity index (χ1v) is 11.6. The minimum Gasteiger partial charge on any atom is -0.390 e. The molecule has 0 saturated carbocycles. The zero-order chi connectivity index (χ0) is 24.1. The quantitative estimate of drug-likeness (QED) is 0.504. The molecule has 3 aromatic carbocycles. The van der Waals surface area contributed by atoms with Gasteiger partial charge in [0.25, 0.3) is 0 Å². The highest BCUT2D eigenvalue weighted by atomic mass is 16.6. The van der Waals surface area contributed by atoms with Crippen LogP contribution in [0, 0.1) is 13.8 Å². The molecule has 1 unspecified atom stereocenters. The van der Waals surface area contributed by atoms with Gasteiger partial charge in [0, 0.05) is 38.4 Å². The summed E-state index contributed by atoms with van der Waals surface area (Å²) in [6.45, 7) is 4.98. The molecular formula is C28H32N4O2. The van der Waals surface area contributed by atoms with Crippen molar-refractivity contribution in [3.05, 3.63) is 95.1 Å². The molecule has 1 aliphatic rings. The van der Waals surface area contributed by atoms with Crippen molar-refractivity contribution in [1.82, 2.24) is 4.90 Å². The predicted octanol–water partition coefficient (Wildman–Crippen LogP) is 5.60. The van der Waals surface area contributed by atoms with E-state index in [0.29, 0.717) is 19.5 Å². The Bertz CT molecular complexity index is 1160. The summed E-state index contributed by atoms with van der Waals surface area (Å²) in [5.41, 5.74) is 7.18. The predicted molar refractivity (Wildman–Crippen MR) is 139 cm³/mol. The number of amides is 2. The number of oxime groups is 1. The summed E-state index contributed by atoms with van der Waals surface area (Å²) in [7, 11) is 4.04. The Hall–Kier alpha value is -3.80. The lowest BCUT2D eigenvalue weighted by atomic mass is 10.0. The summed E-state index contributed by atoms with van der Waals surface area (Å²) >= 11 is 0. The van der Waals surface area contributed by atoms with E-state index in [9.17, 15) is 4.79 Å². The van der Waals surface area contributed by atoms with Crippen molar-refractivity contribution in [3.63, 3.8) is 0 Å². The van der Waals surface area contributed by atoms with Gasteiger partial charge in [0.05, 0.1) is 12.3 Å². The topological polar surface area (TPSA) is 57.2 Å². The van der Waals surface area contributed by atoms with E-state index in [2.05, 4.69) is 45.7 Å². The number of hydrogen-bond acceptors (Lipinski definition) is 4. The van der Waals surface area contributed by atoms with Crippen LogP contribution in [-0.2, 0) is 11.4 Å². The zero-order valence-electron chi connectivity index (χ0n) is 20.3. The van der Waals surface area contributed by atoms with Gasteiger partial charge in [0.2, 0.25) is 0 Å². The van der Waals surface area contributed by atoms with Gasteiger partial charge in [-0.25, -0.2) is 4.79 Å². The van der Waals surface area contributed by atoms with Crippen LogP contribution in [0.25, 0.3) is 0 Å². The molecule has 34 heavy (non-hydrogen) atoms. The van der Waals surface area contributed by atoms with Crippen molar-refractivity contribution in [3.8, 4) is 0 Å². The number of nitrogens with zero attached hydrogens (tertiary/aromatic N) is 3. The summed E-state index contributed by atoms with van der Waals surface area (Å²) in [6.07, 6.45) is 0.459. The third kappa shape index (κ3) is 5.76. The zero-order valence-corrected chi connectivity index (χ0v) is 20.3. The maximum atomic E-state index is 13.3. The molecule has 0 spiro atoms. The summed E-state index contributed by atoms with van der Waals surface area (Å²) in [5, 5.41) is 7.41. The second-order valence-electron chi connectivity index (χ2n) is 9.03. The Balaban J connectivity index is 1.45. The number of urea groups is 1. The van der Waals surface area contributed by atoms with Gasteiger partial charge in [0.1, 0.15) is 0 Å². The number of aryl methyl sites for hydroxylation is 2. The molecule has 6 nitrogen and oxygen atoms in total. The van der Waals surface area contributed by atoms with Gasteiger partial charge in [-0.3, -0.25) is 0 Å². The maximum absolute atomic E-state index is 13.3. The Morgan fingerprint density at radius 1 is 1.03 bits per heavy atom. The molecule has 4 rings (SSSR count). The molecule has 3 aromatic rings. The molecule has 0 radical (unpaired) electrons. The highest BCUT2D eigenvalue weighted by Gasteiger charge is 2.27. The molecule has 0 saturated heterocycles. The van der Waals surface area contributed by atoms with Crippen LogP contribution in [0.15, 0.2) is 78.0 Å². The molecule has 6 heteroatoms. The van der Waals surface area contributed by atoms with Crippen LogP contribution in [0.2, 0.25) is 0 Å². The van der Waals surface area contributed by atoms with E-state index in [-0.39, 0.29) is 12.1 Å². The third-order valence-electron chi connectivity index (χ3n) is 6.00. The van der Waals surface area contributed by atoms with Crippen LogP contribution in [-0.4, -0.2) is 43.4 Å². The van der Waals surface area contributed by atoms with Crippen molar-refractivity contribution >= 4 is 23.1 Å². The van der Waals surface area contributed by atoms with Crippen LogP contribution in [0.5, 0.6) is 0 Å². The molecule has 176 valence electrons. The molecule has 1 atom stereocenters. The average molecular weight is 457 g/mol. The van der Waals surface area contributed by atoms with Gasteiger partial charge in [-0.15, -0.1) is 0 Å². The minimum atomic E-state index is -0.197. The van der Waals surface area contributed by atoms with Crippen molar-refractivity contribution in [2.45, 2.75) is 32.9 Å². The number of anilines is 2. The van der Waals surface area contributed by atoms with Crippen LogP contribution >= 0.6 is 0 Å². The van der Waals surface area contributed by atoms with E-state index in [1.165, 1.54) is 5.56 Å². The first-order valence-electron chi connectivity index (χ1n) is 11.6. The fourth-order valence-corrected chi connectivity index (χ4v) is 4.07. The lowest BCUT2D eigenvalue weighted by Gasteiger charge is -2.25. The lowest BCUT2D eigenvalue weighted by Crippen LogP contribution is -2.40. The second-order valence-corrected chi connectivity index (χ2v) is 9.03. The number of hydrogen-bond donors (Lipinski definition) is 1. The number of carbonyl (C=O) groups is 1. The first-order chi connectivity index (χ1) is 16.4. The molecule has 1 heterocycles. The number of nitrogens with one attached hydrogen (secondary N) is 1. The van der Waals surface area contributed by atoms with E-state index in [4.69, 9.17) is 4.84 Å². The average Bonchev–Trinajstić information content (AvgIpc) is 3.30. The summed E-state index contributed by atoms with van der Waals surface area (Å²) in [5.74, 6) is 0. The Kier molecular flexibility index (Phi) is 7.16. The van der Waals surface area contributed by atoms with Crippen LogP contribution < -0.4 is 10.2 Å². The Labute approximate surface area is 201 Å². The Morgan fingerprint density at radius 3 is 2.44 bits per heavy atom. The lowest BCUT2D eigenvalue weighted by molar-refractivity contribution is 0.0608. The smallest absolute Gasteiger partial charge is 0.322 e. The number of rotatable bonds is 7. The van der Waals surface area contributed by atoms with E-state index in [1.54, 1.807) is 4.90 Å². The van der Waals surface area contributed by atoms with Crippen molar-refractivity contribution in [2.75, 3.05) is 30.9 Å². The van der Waals surface area contributed by atoms with Crippen molar-refractivity contribution < 1.29 is 9.63 Å². The monoisotopic (exact) mass is 456 g/mol. The van der Waals surface area contributed by atoms with Gasteiger partial charge in [0.15, 0.2) is 6.10 Å². The van der Waals surface area contributed by atoms with E-state index >= 15 is 0 Å². The van der Waals surface area contributed by atoms with Gasteiger partial charge < -0.3 is 20.0 Å². The molecule has 1 N–H and O–H groups in total. The SMILES string of the molecule is Cc1ccc(NC(=O)N(Cc2ccccc2)CC2CC(c3ccc(N(C)C)cc3)=NO2)c(C)c1. The van der Waals surface area contributed by atoms with E-state index < -0.39 is 0 Å². The van der Waals surface area contributed by atoms with Gasteiger partial charge in [-0.1, -0.05) is 65.3 Å². The Morgan fingerprint density at radius 2 is 1.76 bits per heavy atom. The first kappa shape index (κ1) is 23.4. The molecule has 0 aliphatic carbocycles. The number of benzene rings is 3. The van der Waals surface area contributed by atoms with Crippen LogP contribution in [0.4, 0.5) is 16.2 Å². The highest BCUT2D eigenvalue weighted by molar-refractivity contribution is 6.01. The summed E-state index contributed by atoms with van der Waals surface area (Å²) in [6, 6.07) is 24.2.